The van der Waals surface area contributed by atoms with Crippen LogP contribution in [0, 0.1) is 0 Å². The molecule has 2 saturated heterocycles. The maximum Gasteiger partial charge on any atom is 0.335 e. The molecule has 1 unspecified atom stereocenters. The number of aromatic carboxylic acids is 1. The lowest BCUT2D eigenvalue weighted by atomic mass is 9.93. The number of hydrogen-bond donors (Lipinski definition) is 1. The molecule has 4 aromatic rings. The van der Waals surface area contributed by atoms with Gasteiger partial charge in [-0.1, -0.05) is 6.07 Å². The van der Waals surface area contributed by atoms with Crippen LogP contribution in [0.2, 0.25) is 0 Å². The Balaban J connectivity index is 1.11. The largest absolute Gasteiger partial charge is 0.478 e. The van der Waals surface area contributed by atoms with Crippen molar-refractivity contribution in [1.82, 2.24) is 29.2 Å². The summed E-state index contributed by atoms with van der Waals surface area (Å²) in [5.41, 5.74) is 3.91. The summed E-state index contributed by atoms with van der Waals surface area (Å²) in [6.07, 6.45) is 5.08. The third-order valence-electron chi connectivity index (χ3n) is 7.51. The summed E-state index contributed by atoms with van der Waals surface area (Å²) >= 11 is 0. The molecule has 1 atom stereocenters. The Bertz CT molecular complexity index is 1430. The number of ether oxygens (including phenoxy) is 2. The third kappa shape index (κ3) is 5.27. The van der Waals surface area contributed by atoms with Crippen molar-refractivity contribution in [2.75, 3.05) is 19.7 Å². The topological polar surface area (TPSA) is 108 Å². The summed E-state index contributed by atoms with van der Waals surface area (Å²) in [5, 5.41) is 13.8. The van der Waals surface area contributed by atoms with Crippen molar-refractivity contribution in [3.8, 4) is 5.88 Å². The second-order valence-electron chi connectivity index (χ2n) is 10.1. The SMILES string of the molecule is Cn1ccc(COc2cccc(C3CCN(Cc4nc5ccc(C(=O)O)cc5n4CC4CCO4)CC3)n2)n1. The molecule has 0 saturated carbocycles. The molecule has 10 heteroatoms. The lowest BCUT2D eigenvalue weighted by Crippen LogP contribution is -2.35. The van der Waals surface area contributed by atoms with E-state index in [4.69, 9.17) is 19.4 Å². The first kappa shape index (κ1) is 24.6. The number of aromatic nitrogens is 5. The normalized spacial score (nSPS) is 18.5. The molecule has 0 spiro atoms. The predicted octanol–water partition coefficient (Wildman–Crippen LogP) is 3.61. The second kappa shape index (κ2) is 10.5. The molecule has 2 aliphatic rings. The van der Waals surface area contributed by atoms with E-state index in [1.165, 1.54) is 0 Å². The Hall–Kier alpha value is -3.76. The number of rotatable bonds is 9. The van der Waals surface area contributed by atoms with Crippen LogP contribution in [0.5, 0.6) is 5.88 Å². The molecular weight excluding hydrogens is 484 g/mol. The van der Waals surface area contributed by atoms with Crippen LogP contribution in [0.1, 0.15) is 52.8 Å². The number of likely N-dealkylation sites (tertiary alicyclic amines) is 1. The Morgan fingerprint density at radius 3 is 2.68 bits per heavy atom. The Morgan fingerprint density at radius 2 is 1.97 bits per heavy atom. The van der Waals surface area contributed by atoms with E-state index in [9.17, 15) is 9.90 Å². The molecule has 0 amide bonds. The number of benzene rings is 1. The van der Waals surface area contributed by atoms with Gasteiger partial charge in [0.15, 0.2) is 0 Å². The van der Waals surface area contributed by atoms with Gasteiger partial charge in [-0.15, -0.1) is 0 Å². The highest BCUT2D eigenvalue weighted by Crippen LogP contribution is 2.30. The zero-order valence-electron chi connectivity index (χ0n) is 21.5. The maximum absolute atomic E-state index is 11.6. The number of carboxylic acid groups (broad SMARTS) is 1. The van der Waals surface area contributed by atoms with Gasteiger partial charge in [0, 0.05) is 37.5 Å². The van der Waals surface area contributed by atoms with Crippen molar-refractivity contribution in [1.29, 1.82) is 0 Å². The van der Waals surface area contributed by atoms with E-state index in [0.717, 1.165) is 73.7 Å². The summed E-state index contributed by atoms with van der Waals surface area (Å²) in [4.78, 5) is 23.7. The van der Waals surface area contributed by atoms with Crippen molar-refractivity contribution in [3.63, 3.8) is 0 Å². The van der Waals surface area contributed by atoms with Gasteiger partial charge in [0.2, 0.25) is 5.88 Å². The fourth-order valence-corrected chi connectivity index (χ4v) is 5.28. The van der Waals surface area contributed by atoms with Gasteiger partial charge >= 0.3 is 5.97 Å². The average molecular weight is 517 g/mol. The highest BCUT2D eigenvalue weighted by Gasteiger charge is 2.26. The summed E-state index contributed by atoms with van der Waals surface area (Å²) in [7, 11) is 1.89. The van der Waals surface area contributed by atoms with Crippen LogP contribution in [0.3, 0.4) is 0 Å². The van der Waals surface area contributed by atoms with E-state index in [0.29, 0.717) is 24.9 Å². The fraction of sp³-hybridized carbons (Fsp3) is 0.429. The molecule has 0 radical (unpaired) electrons. The van der Waals surface area contributed by atoms with Crippen LogP contribution in [0.25, 0.3) is 11.0 Å². The first-order valence-electron chi connectivity index (χ1n) is 13.2. The fourth-order valence-electron chi connectivity index (χ4n) is 5.28. The van der Waals surface area contributed by atoms with Gasteiger partial charge in [0.1, 0.15) is 12.4 Å². The minimum absolute atomic E-state index is 0.156. The molecule has 2 aliphatic heterocycles. The first-order chi connectivity index (χ1) is 18.5. The predicted molar refractivity (Wildman–Crippen MR) is 140 cm³/mol. The number of imidazole rings is 1. The monoisotopic (exact) mass is 516 g/mol. The molecule has 2 fully saturated rings. The van der Waals surface area contributed by atoms with Gasteiger partial charge in [0.05, 0.1) is 41.5 Å². The summed E-state index contributed by atoms with van der Waals surface area (Å²) in [5.74, 6) is 1.04. The number of aryl methyl sites for hydroxylation is 1. The molecule has 0 aliphatic carbocycles. The Morgan fingerprint density at radius 1 is 1.13 bits per heavy atom. The van der Waals surface area contributed by atoms with E-state index < -0.39 is 5.97 Å². The van der Waals surface area contributed by atoms with Gasteiger partial charge in [-0.2, -0.15) is 5.10 Å². The van der Waals surface area contributed by atoms with E-state index >= 15 is 0 Å². The van der Waals surface area contributed by atoms with Crippen molar-refractivity contribution >= 4 is 17.0 Å². The molecule has 1 aromatic carbocycles. The molecule has 5 heterocycles. The highest BCUT2D eigenvalue weighted by atomic mass is 16.5. The summed E-state index contributed by atoms with van der Waals surface area (Å²) in [6, 6.07) is 13.1. The van der Waals surface area contributed by atoms with Crippen LogP contribution in [-0.2, 0) is 31.5 Å². The zero-order valence-corrected chi connectivity index (χ0v) is 21.5. The van der Waals surface area contributed by atoms with Crippen molar-refractivity contribution < 1.29 is 19.4 Å². The highest BCUT2D eigenvalue weighted by molar-refractivity contribution is 5.92. The minimum atomic E-state index is -0.928. The maximum atomic E-state index is 11.6. The molecule has 1 N–H and O–H groups in total. The Kier molecular flexibility index (Phi) is 6.82. The van der Waals surface area contributed by atoms with E-state index in [-0.39, 0.29) is 11.7 Å². The summed E-state index contributed by atoms with van der Waals surface area (Å²) in [6.45, 7) is 4.47. The molecule has 6 rings (SSSR count). The smallest absolute Gasteiger partial charge is 0.335 e. The van der Waals surface area contributed by atoms with Crippen molar-refractivity contribution in [2.45, 2.75) is 51.0 Å². The number of hydrogen-bond acceptors (Lipinski definition) is 7. The molecular formula is C28H32N6O4. The number of piperidine rings is 1. The molecule has 10 nitrogen and oxygen atoms in total. The van der Waals surface area contributed by atoms with Crippen molar-refractivity contribution in [3.05, 3.63) is 71.4 Å². The van der Waals surface area contributed by atoms with Gasteiger partial charge in [-0.25, -0.2) is 14.8 Å². The zero-order chi connectivity index (χ0) is 26.1. The van der Waals surface area contributed by atoms with Crippen LogP contribution in [0.15, 0.2) is 48.7 Å². The Labute approximate surface area is 220 Å². The molecule has 38 heavy (non-hydrogen) atoms. The number of pyridine rings is 1. The van der Waals surface area contributed by atoms with Crippen LogP contribution in [0.4, 0.5) is 0 Å². The number of carboxylic acids is 1. The van der Waals surface area contributed by atoms with Gasteiger partial charge in [0.25, 0.3) is 0 Å². The standard InChI is InChI=1S/C28H32N6O4/c1-32-11-9-21(31-32)18-38-27-4-2-3-23(30-27)19-7-12-33(13-8-19)17-26-29-24-6-5-20(28(35)36)15-25(24)34(26)16-22-10-14-37-22/h2-6,9,11,15,19,22H,7-8,10,12-14,16-18H2,1H3,(H,35,36). The van der Waals surface area contributed by atoms with E-state index in [1.807, 2.05) is 31.4 Å². The third-order valence-corrected chi connectivity index (χ3v) is 7.51. The molecule has 0 bridgehead atoms. The first-order valence-corrected chi connectivity index (χ1v) is 13.2. The number of nitrogens with zero attached hydrogens (tertiary/aromatic N) is 6. The molecule has 198 valence electrons. The quantitative estimate of drug-likeness (QED) is 0.360. The van der Waals surface area contributed by atoms with Crippen LogP contribution >= 0.6 is 0 Å². The van der Waals surface area contributed by atoms with Crippen LogP contribution < -0.4 is 4.74 Å². The lowest BCUT2D eigenvalue weighted by molar-refractivity contribution is -0.0592. The number of fused-ring (bicyclic) bond motifs is 1. The molecule has 3 aromatic heterocycles. The van der Waals surface area contributed by atoms with E-state index in [1.54, 1.807) is 22.9 Å². The van der Waals surface area contributed by atoms with Gasteiger partial charge in [-0.3, -0.25) is 9.58 Å². The van der Waals surface area contributed by atoms with E-state index in [2.05, 4.69) is 20.6 Å². The van der Waals surface area contributed by atoms with Gasteiger partial charge in [-0.05, 0) is 62.7 Å². The minimum Gasteiger partial charge on any atom is -0.478 e. The lowest BCUT2D eigenvalue weighted by Gasteiger charge is -2.32. The second-order valence-corrected chi connectivity index (χ2v) is 10.1. The van der Waals surface area contributed by atoms with Crippen molar-refractivity contribution in [2.24, 2.45) is 7.05 Å². The summed E-state index contributed by atoms with van der Waals surface area (Å²) < 4.78 is 15.5. The number of carbonyl (C=O) groups is 1. The average Bonchev–Trinajstić information content (AvgIpc) is 3.47. The van der Waals surface area contributed by atoms with Crippen LogP contribution in [-0.4, -0.2) is 66.1 Å². The van der Waals surface area contributed by atoms with Gasteiger partial charge < -0.3 is 19.1 Å².